The van der Waals surface area contributed by atoms with Gasteiger partial charge in [0.15, 0.2) is 6.61 Å². The number of aromatic nitrogens is 2. The van der Waals surface area contributed by atoms with Crippen LogP contribution in [0.2, 0.25) is 0 Å². The van der Waals surface area contributed by atoms with E-state index >= 15 is 0 Å². The molecule has 144 valence electrons. The molecular weight excluding hydrogens is 354 g/mol. The number of amides is 1. The van der Waals surface area contributed by atoms with Gasteiger partial charge in [-0.1, -0.05) is 43.3 Å². The Morgan fingerprint density at radius 1 is 1.11 bits per heavy atom. The standard InChI is InChI=1S/C22H23N3O3/c1-15(2)16-5-7-17(8-6-16)22-23-20(28-24-22)14-27-19-11-9-18(10-12-19)25-13-3-4-21(25)26/h5-12,15H,3-4,13-14H2,1-2H3. The highest BCUT2D eigenvalue weighted by molar-refractivity contribution is 5.95. The largest absolute Gasteiger partial charge is 0.484 e. The van der Waals surface area contributed by atoms with Gasteiger partial charge in [0.1, 0.15) is 5.75 Å². The highest BCUT2D eigenvalue weighted by Gasteiger charge is 2.21. The molecule has 0 radical (unpaired) electrons. The van der Waals surface area contributed by atoms with Gasteiger partial charge in [-0.05, 0) is 42.2 Å². The fourth-order valence-electron chi connectivity index (χ4n) is 3.24. The summed E-state index contributed by atoms with van der Waals surface area (Å²) in [6.45, 7) is 5.30. The summed E-state index contributed by atoms with van der Waals surface area (Å²) < 4.78 is 11.0. The van der Waals surface area contributed by atoms with E-state index in [4.69, 9.17) is 9.26 Å². The van der Waals surface area contributed by atoms with Gasteiger partial charge in [-0.25, -0.2) is 0 Å². The van der Waals surface area contributed by atoms with Crippen LogP contribution in [-0.4, -0.2) is 22.6 Å². The first-order valence-corrected chi connectivity index (χ1v) is 9.56. The molecule has 0 bridgehead atoms. The zero-order valence-electron chi connectivity index (χ0n) is 16.1. The molecule has 28 heavy (non-hydrogen) atoms. The fourth-order valence-corrected chi connectivity index (χ4v) is 3.24. The van der Waals surface area contributed by atoms with Crippen LogP contribution >= 0.6 is 0 Å². The quantitative estimate of drug-likeness (QED) is 0.630. The summed E-state index contributed by atoms with van der Waals surface area (Å²) in [7, 11) is 0. The van der Waals surface area contributed by atoms with Crippen LogP contribution in [0.25, 0.3) is 11.4 Å². The molecule has 2 heterocycles. The molecule has 6 nitrogen and oxygen atoms in total. The summed E-state index contributed by atoms with van der Waals surface area (Å²) in [5.41, 5.74) is 3.09. The third kappa shape index (κ3) is 3.91. The van der Waals surface area contributed by atoms with Crippen molar-refractivity contribution in [3.05, 3.63) is 60.0 Å². The Labute approximate surface area is 164 Å². The Hall–Kier alpha value is -3.15. The van der Waals surface area contributed by atoms with Crippen LogP contribution in [0.1, 0.15) is 44.1 Å². The SMILES string of the molecule is CC(C)c1ccc(-c2noc(COc3ccc(N4CCCC4=O)cc3)n2)cc1. The van der Waals surface area contributed by atoms with Crippen LogP contribution in [0.5, 0.6) is 5.75 Å². The molecule has 2 aromatic carbocycles. The number of anilines is 1. The summed E-state index contributed by atoms with van der Waals surface area (Å²) in [6, 6.07) is 15.7. The van der Waals surface area contributed by atoms with E-state index in [9.17, 15) is 4.79 Å². The normalized spacial score (nSPS) is 14.1. The van der Waals surface area contributed by atoms with Crippen molar-refractivity contribution >= 4 is 11.6 Å². The Morgan fingerprint density at radius 3 is 2.50 bits per heavy atom. The number of hydrogen-bond donors (Lipinski definition) is 0. The molecule has 1 fully saturated rings. The molecule has 0 saturated carbocycles. The summed E-state index contributed by atoms with van der Waals surface area (Å²) in [4.78, 5) is 18.0. The molecule has 0 aliphatic carbocycles. The second-order valence-electron chi connectivity index (χ2n) is 7.22. The van der Waals surface area contributed by atoms with Gasteiger partial charge in [0, 0.05) is 24.2 Å². The molecule has 0 N–H and O–H groups in total. The van der Waals surface area contributed by atoms with E-state index < -0.39 is 0 Å². The lowest BCUT2D eigenvalue weighted by molar-refractivity contribution is -0.117. The molecule has 6 heteroatoms. The molecule has 1 saturated heterocycles. The number of benzene rings is 2. The number of carbonyl (C=O) groups is 1. The number of hydrogen-bond acceptors (Lipinski definition) is 5. The van der Waals surface area contributed by atoms with Gasteiger partial charge < -0.3 is 14.2 Å². The molecule has 3 aromatic rings. The average Bonchev–Trinajstić information content (AvgIpc) is 3.36. The minimum Gasteiger partial charge on any atom is -0.484 e. The van der Waals surface area contributed by atoms with Crippen LogP contribution in [-0.2, 0) is 11.4 Å². The number of nitrogens with zero attached hydrogens (tertiary/aromatic N) is 3. The first-order chi connectivity index (χ1) is 13.6. The third-order valence-electron chi connectivity index (χ3n) is 4.89. The first kappa shape index (κ1) is 18.2. The zero-order chi connectivity index (χ0) is 19.5. The Kier molecular flexibility index (Phi) is 5.10. The Bertz CT molecular complexity index is 946. The first-order valence-electron chi connectivity index (χ1n) is 9.56. The molecule has 0 atom stereocenters. The van der Waals surface area contributed by atoms with Crippen molar-refractivity contribution in [2.45, 2.75) is 39.2 Å². The van der Waals surface area contributed by atoms with E-state index in [2.05, 4.69) is 36.1 Å². The van der Waals surface area contributed by atoms with E-state index in [1.165, 1.54) is 5.56 Å². The van der Waals surface area contributed by atoms with Crippen LogP contribution in [0.15, 0.2) is 53.1 Å². The van der Waals surface area contributed by atoms with Crippen molar-refractivity contribution in [2.24, 2.45) is 0 Å². The lowest BCUT2D eigenvalue weighted by Crippen LogP contribution is -2.23. The minimum absolute atomic E-state index is 0.175. The Morgan fingerprint density at radius 2 is 1.86 bits per heavy atom. The van der Waals surface area contributed by atoms with Crippen molar-refractivity contribution in [1.29, 1.82) is 0 Å². The number of rotatable bonds is 6. The maximum atomic E-state index is 11.8. The van der Waals surface area contributed by atoms with Gasteiger partial charge in [-0.2, -0.15) is 4.98 Å². The van der Waals surface area contributed by atoms with Crippen molar-refractivity contribution < 1.29 is 14.1 Å². The monoisotopic (exact) mass is 377 g/mol. The molecule has 4 rings (SSSR count). The van der Waals surface area contributed by atoms with Gasteiger partial charge in [0.05, 0.1) is 0 Å². The van der Waals surface area contributed by atoms with E-state index in [1.807, 2.05) is 36.4 Å². The molecule has 1 aliphatic rings. The molecule has 0 unspecified atom stereocenters. The van der Waals surface area contributed by atoms with Gasteiger partial charge in [-0.3, -0.25) is 4.79 Å². The van der Waals surface area contributed by atoms with E-state index in [0.717, 1.165) is 24.2 Å². The molecule has 1 aromatic heterocycles. The van der Waals surface area contributed by atoms with Crippen LogP contribution in [0.3, 0.4) is 0 Å². The lowest BCUT2D eigenvalue weighted by atomic mass is 10.0. The average molecular weight is 377 g/mol. The smallest absolute Gasteiger partial charge is 0.264 e. The van der Waals surface area contributed by atoms with Gasteiger partial charge >= 0.3 is 0 Å². The summed E-state index contributed by atoms with van der Waals surface area (Å²) in [5.74, 6) is 2.32. The predicted molar refractivity (Wildman–Crippen MR) is 106 cm³/mol. The Balaban J connectivity index is 1.37. The fraction of sp³-hybridized carbons (Fsp3) is 0.318. The molecule has 1 amide bonds. The van der Waals surface area contributed by atoms with Gasteiger partial charge in [0.25, 0.3) is 5.89 Å². The van der Waals surface area contributed by atoms with E-state index in [1.54, 1.807) is 4.90 Å². The topological polar surface area (TPSA) is 68.5 Å². The van der Waals surface area contributed by atoms with Crippen LogP contribution < -0.4 is 9.64 Å². The summed E-state index contributed by atoms with van der Waals surface area (Å²) in [5, 5.41) is 4.04. The lowest BCUT2D eigenvalue weighted by Gasteiger charge is -2.15. The van der Waals surface area contributed by atoms with Crippen molar-refractivity contribution in [2.75, 3.05) is 11.4 Å². The zero-order valence-corrected chi connectivity index (χ0v) is 16.1. The summed E-state index contributed by atoms with van der Waals surface area (Å²) in [6.07, 6.45) is 1.54. The minimum atomic E-state index is 0.175. The highest BCUT2D eigenvalue weighted by atomic mass is 16.5. The van der Waals surface area contributed by atoms with E-state index in [-0.39, 0.29) is 12.5 Å². The van der Waals surface area contributed by atoms with Crippen LogP contribution in [0, 0.1) is 0 Å². The van der Waals surface area contributed by atoms with Crippen molar-refractivity contribution in [1.82, 2.24) is 10.1 Å². The van der Waals surface area contributed by atoms with Crippen molar-refractivity contribution in [3.63, 3.8) is 0 Å². The molecule has 1 aliphatic heterocycles. The molecule has 0 spiro atoms. The van der Waals surface area contributed by atoms with Crippen LogP contribution in [0.4, 0.5) is 5.69 Å². The van der Waals surface area contributed by atoms with Gasteiger partial charge in [0.2, 0.25) is 11.7 Å². The maximum absolute atomic E-state index is 11.8. The second kappa shape index (κ2) is 7.84. The number of ether oxygens (including phenoxy) is 1. The van der Waals surface area contributed by atoms with Gasteiger partial charge in [-0.15, -0.1) is 0 Å². The predicted octanol–water partition coefficient (Wildman–Crippen LogP) is 4.57. The second-order valence-corrected chi connectivity index (χ2v) is 7.22. The third-order valence-corrected chi connectivity index (χ3v) is 4.89. The number of carbonyl (C=O) groups excluding carboxylic acids is 1. The summed E-state index contributed by atoms with van der Waals surface area (Å²) >= 11 is 0. The molecular formula is C22H23N3O3. The highest BCUT2D eigenvalue weighted by Crippen LogP contribution is 2.25. The maximum Gasteiger partial charge on any atom is 0.264 e. The van der Waals surface area contributed by atoms with Crippen molar-refractivity contribution in [3.8, 4) is 17.1 Å². The van der Waals surface area contributed by atoms with E-state index in [0.29, 0.717) is 29.8 Å².